The van der Waals surface area contributed by atoms with Gasteiger partial charge in [-0.2, -0.15) is 0 Å². The van der Waals surface area contributed by atoms with Gasteiger partial charge in [-0.3, -0.25) is 9.59 Å². The zero-order valence-corrected chi connectivity index (χ0v) is 11.6. The van der Waals surface area contributed by atoms with Crippen molar-refractivity contribution in [3.05, 3.63) is 34.2 Å². The molecule has 1 atom stereocenters. The highest BCUT2D eigenvalue weighted by Crippen LogP contribution is 2.07. The van der Waals surface area contributed by atoms with Crippen LogP contribution in [0, 0.1) is 5.92 Å². The lowest BCUT2D eigenvalue weighted by Gasteiger charge is -2.15. The first-order chi connectivity index (χ1) is 8.40. The Labute approximate surface area is 108 Å². The molecule has 1 amide bonds. The summed E-state index contributed by atoms with van der Waals surface area (Å²) in [7, 11) is 1.64. The van der Waals surface area contributed by atoms with Crippen molar-refractivity contribution in [1.82, 2.24) is 9.88 Å². The summed E-state index contributed by atoms with van der Waals surface area (Å²) in [4.78, 5) is 23.2. The number of aryl methyl sites for hydroxylation is 1. The summed E-state index contributed by atoms with van der Waals surface area (Å²) in [5, 5.41) is 2.94. The van der Waals surface area contributed by atoms with E-state index in [0.29, 0.717) is 11.5 Å². The topological polar surface area (TPSA) is 51.1 Å². The predicted molar refractivity (Wildman–Crippen MR) is 72.7 cm³/mol. The fourth-order valence-corrected chi connectivity index (χ4v) is 1.69. The first-order valence-electron chi connectivity index (χ1n) is 6.37. The average molecular weight is 250 g/mol. The van der Waals surface area contributed by atoms with E-state index in [-0.39, 0.29) is 17.5 Å². The van der Waals surface area contributed by atoms with Gasteiger partial charge in [0.2, 0.25) is 5.56 Å². The molecule has 1 rings (SSSR count). The third kappa shape index (κ3) is 4.35. The molecular formula is C14H22N2O2. The second-order valence-corrected chi connectivity index (χ2v) is 5.21. The van der Waals surface area contributed by atoms with E-state index in [4.69, 9.17) is 0 Å². The van der Waals surface area contributed by atoms with Crippen LogP contribution in [-0.2, 0) is 7.05 Å². The Morgan fingerprint density at radius 2 is 1.94 bits per heavy atom. The highest BCUT2D eigenvalue weighted by molar-refractivity contribution is 5.94. The molecule has 1 aromatic rings. The van der Waals surface area contributed by atoms with Gasteiger partial charge in [-0.1, -0.05) is 13.8 Å². The lowest BCUT2D eigenvalue weighted by molar-refractivity contribution is 0.0936. The molecule has 0 saturated heterocycles. The van der Waals surface area contributed by atoms with Gasteiger partial charge in [0.05, 0.1) is 5.56 Å². The van der Waals surface area contributed by atoms with Crippen LogP contribution >= 0.6 is 0 Å². The molecule has 18 heavy (non-hydrogen) atoms. The highest BCUT2D eigenvalue weighted by Gasteiger charge is 2.10. The highest BCUT2D eigenvalue weighted by atomic mass is 16.2. The summed E-state index contributed by atoms with van der Waals surface area (Å²) in [6.45, 7) is 6.34. The van der Waals surface area contributed by atoms with E-state index < -0.39 is 0 Å². The van der Waals surface area contributed by atoms with Gasteiger partial charge in [0.1, 0.15) is 0 Å². The average Bonchev–Trinajstić information content (AvgIpc) is 2.30. The third-order valence-corrected chi connectivity index (χ3v) is 2.90. The number of carbonyl (C=O) groups excluding carboxylic acids is 1. The number of pyridine rings is 1. The molecule has 4 nitrogen and oxygen atoms in total. The normalized spacial score (nSPS) is 12.5. The summed E-state index contributed by atoms with van der Waals surface area (Å²) in [5.74, 6) is 0.517. The fourth-order valence-electron chi connectivity index (χ4n) is 1.69. The Kier molecular flexibility index (Phi) is 5.13. The van der Waals surface area contributed by atoms with Crippen LogP contribution in [0.1, 0.15) is 44.0 Å². The van der Waals surface area contributed by atoms with Gasteiger partial charge in [0, 0.05) is 25.4 Å². The third-order valence-electron chi connectivity index (χ3n) is 2.90. The molecule has 1 heterocycles. The van der Waals surface area contributed by atoms with Crippen molar-refractivity contribution in [2.75, 3.05) is 0 Å². The van der Waals surface area contributed by atoms with Crippen LogP contribution in [0.15, 0.2) is 23.1 Å². The Morgan fingerprint density at radius 1 is 1.28 bits per heavy atom. The molecule has 4 heteroatoms. The van der Waals surface area contributed by atoms with Crippen molar-refractivity contribution in [2.45, 2.75) is 39.7 Å². The zero-order chi connectivity index (χ0) is 13.7. The second kappa shape index (κ2) is 6.38. The number of nitrogens with zero attached hydrogens (tertiary/aromatic N) is 1. The molecule has 0 radical (unpaired) electrons. The lowest BCUT2D eigenvalue weighted by atomic mass is 10.0. The van der Waals surface area contributed by atoms with Crippen LogP contribution < -0.4 is 10.9 Å². The minimum absolute atomic E-state index is 0.112. The monoisotopic (exact) mass is 250 g/mol. The van der Waals surface area contributed by atoms with Gasteiger partial charge < -0.3 is 9.88 Å². The second-order valence-electron chi connectivity index (χ2n) is 5.21. The van der Waals surface area contributed by atoms with Gasteiger partial charge in [-0.05, 0) is 31.7 Å². The van der Waals surface area contributed by atoms with E-state index in [1.165, 1.54) is 10.6 Å². The minimum atomic E-state index is -0.123. The van der Waals surface area contributed by atoms with Crippen molar-refractivity contribution in [1.29, 1.82) is 0 Å². The summed E-state index contributed by atoms with van der Waals surface area (Å²) in [5.41, 5.74) is 0.410. The SMILES string of the molecule is CC(C)CCC(C)NC(=O)c1ccc(=O)n(C)c1. The van der Waals surface area contributed by atoms with E-state index in [1.54, 1.807) is 19.3 Å². The number of rotatable bonds is 5. The quantitative estimate of drug-likeness (QED) is 0.868. The molecule has 0 fully saturated rings. The Bertz CT molecular complexity index is 463. The van der Waals surface area contributed by atoms with Crippen LogP contribution in [0.2, 0.25) is 0 Å². The standard InChI is InChI=1S/C14H22N2O2/c1-10(2)5-6-11(3)15-14(18)12-7-8-13(17)16(4)9-12/h7-11H,5-6H2,1-4H3,(H,15,18). The van der Waals surface area contributed by atoms with Crippen molar-refractivity contribution in [3.8, 4) is 0 Å². The fraction of sp³-hybridized carbons (Fsp3) is 0.571. The summed E-state index contributed by atoms with van der Waals surface area (Å²) in [6, 6.07) is 3.12. The Hall–Kier alpha value is -1.58. The van der Waals surface area contributed by atoms with Gasteiger partial charge in [-0.25, -0.2) is 0 Å². The van der Waals surface area contributed by atoms with Gasteiger partial charge in [0.15, 0.2) is 0 Å². The van der Waals surface area contributed by atoms with Crippen LogP contribution in [0.25, 0.3) is 0 Å². The maximum Gasteiger partial charge on any atom is 0.252 e. The van der Waals surface area contributed by atoms with Crippen LogP contribution in [0.5, 0.6) is 0 Å². The Balaban J connectivity index is 2.59. The molecule has 0 aliphatic heterocycles. The van der Waals surface area contributed by atoms with Gasteiger partial charge in [-0.15, -0.1) is 0 Å². The van der Waals surface area contributed by atoms with Gasteiger partial charge >= 0.3 is 0 Å². The summed E-state index contributed by atoms with van der Waals surface area (Å²) in [6.07, 6.45) is 3.62. The number of hydrogen-bond donors (Lipinski definition) is 1. The number of nitrogens with one attached hydrogen (secondary N) is 1. The van der Waals surface area contributed by atoms with Crippen LogP contribution in [0.4, 0.5) is 0 Å². The maximum absolute atomic E-state index is 11.9. The number of amides is 1. The molecule has 0 aromatic carbocycles. The molecule has 1 unspecified atom stereocenters. The zero-order valence-electron chi connectivity index (χ0n) is 11.6. The van der Waals surface area contributed by atoms with Crippen molar-refractivity contribution in [3.63, 3.8) is 0 Å². The van der Waals surface area contributed by atoms with Crippen LogP contribution in [-0.4, -0.2) is 16.5 Å². The summed E-state index contributed by atoms with van der Waals surface area (Å²) >= 11 is 0. The molecule has 0 bridgehead atoms. The van der Waals surface area contributed by atoms with E-state index in [0.717, 1.165) is 12.8 Å². The molecule has 0 saturated carbocycles. The smallest absolute Gasteiger partial charge is 0.252 e. The lowest BCUT2D eigenvalue weighted by Crippen LogP contribution is -2.33. The van der Waals surface area contributed by atoms with Crippen molar-refractivity contribution < 1.29 is 4.79 Å². The minimum Gasteiger partial charge on any atom is -0.350 e. The Morgan fingerprint density at radius 3 is 2.50 bits per heavy atom. The summed E-state index contributed by atoms with van der Waals surface area (Å²) < 4.78 is 1.41. The van der Waals surface area contributed by atoms with E-state index in [9.17, 15) is 9.59 Å². The molecule has 0 aliphatic carbocycles. The van der Waals surface area contributed by atoms with E-state index >= 15 is 0 Å². The van der Waals surface area contributed by atoms with Crippen LogP contribution in [0.3, 0.4) is 0 Å². The predicted octanol–water partition coefficient (Wildman–Crippen LogP) is 1.94. The first-order valence-corrected chi connectivity index (χ1v) is 6.37. The number of hydrogen-bond acceptors (Lipinski definition) is 2. The number of aromatic nitrogens is 1. The van der Waals surface area contributed by atoms with E-state index in [1.807, 2.05) is 6.92 Å². The van der Waals surface area contributed by atoms with Crippen molar-refractivity contribution >= 4 is 5.91 Å². The first kappa shape index (κ1) is 14.5. The number of carbonyl (C=O) groups is 1. The van der Waals surface area contributed by atoms with E-state index in [2.05, 4.69) is 19.2 Å². The molecule has 1 N–H and O–H groups in total. The van der Waals surface area contributed by atoms with Gasteiger partial charge in [0.25, 0.3) is 5.91 Å². The molecular weight excluding hydrogens is 228 g/mol. The molecule has 100 valence electrons. The molecule has 0 aliphatic rings. The van der Waals surface area contributed by atoms with Crippen molar-refractivity contribution in [2.24, 2.45) is 13.0 Å². The molecule has 0 spiro atoms. The maximum atomic E-state index is 11.9. The molecule has 1 aromatic heterocycles. The largest absolute Gasteiger partial charge is 0.350 e.